The number of nitrogens with one attached hydrogen (secondary N) is 1. The number of nitrogens with zero attached hydrogens (tertiary/aromatic N) is 1. The lowest BCUT2D eigenvalue weighted by molar-refractivity contribution is 0.669. The lowest BCUT2D eigenvalue weighted by Crippen LogP contribution is -2.15. The summed E-state index contributed by atoms with van der Waals surface area (Å²) in [5.74, 6) is 0.447. The van der Waals surface area contributed by atoms with Crippen LogP contribution in [0.5, 0.6) is 0 Å². The molecule has 0 bridgehead atoms. The van der Waals surface area contributed by atoms with Crippen molar-refractivity contribution in [1.82, 2.24) is 0 Å². The number of fused-ring (bicyclic) bond motifs is 3. The zero-order valence-corrected chi connectivity index (χ0v) is 22.8. The van der Waals surface area contributed by atoms with E-state index in [9.17, 15) is 0 Å². The number of aliphatic imine (C=N–C) groups is 1. The number of rotatable bonds is 5. The molecule has 0 saturated heterocycles. The summed E-state index contributed by atoms with van der Waals surface area (Å²) in [7, 11) is 0. The molecule has 0 saturated carbocycles. The van der Waals surface area contributed by atoms with Gasteiger partial charge in [0.2, 0.25) is 0 Å². The number of furan rings is 1. The van der Waals surface area contributed by atoms with E-state index in [-0.39, 0.29) is 5.84 Å². The lowest BCUT2D eigenvalue weighted by Gasteiger charge is -2.08. The quantitative estimate of drug-likeness (QED) is 0.168. The summed E-state index contributed by atoms with van der Waals surface area (Å²) in [5, 5.41) is 10.4. The van der Waals surface area contributed by atoms with Gasteiger partial charge in [-0.1, -0.05) is 127 Å². The van der Waals surface area contributed by atoms with E-state index in [1.165, 1.54) is 11.1 Å². The van der Waals surface area contributed by atoms with Crippen molar-refractivity contribution in [1.29, 1.82) is 5.41 Å². The highest BCUT2D eigenvalue weighted by Crippen LogP contribution is 2.38. The van der Waals surface area contributed by atoms with Crippen LogP contribution in [0.15, 0.2) is 155 Å². The molecule has 6 aromatic carbocycles. The molecule has 0 radical (unpaired) electrons. The molecular weight excluding hydrogens is 514 g/mol. The van der Waals surface area contributed by atoms with E-state index in [2.05, 4.69) is 77.8 Å². The van der Waals surface area contributed by atoms with Crippen LogP contribution in [0.3, 0.4) is 0 Å². The highest BCUT2D eigenvalue weighted by Gasteiger charge is 2.14. The van der Waals surface area contributed by atoms with E-state index in [1.54, 1.807) is 0 Å². The molecule has 0 aliphatic heterocycles. The van der Waals surface area contributed by atoms with Gasteiger partial charge < -0.3 is 10.2 Å². The van der Waals surface area contributed by atoms with Crippen molar-refractivity contribution in [2.45, 2.75) is 0 Å². The molecule has 7 aromatic rings. The Morgan fingerprint density at radius 2 is 1.12 bits per heavy atom. The van der Waals surface area contributed by atoms with Gasteiger partial charge >= 0.3 is 0 Å². The smallest absolute Gasteiger partial charge is 0.154 e. The van der Waals surface area contributed by atoms with Gasteiger partial charge in [-0.3, -0.25) is 5.41 Å². The molecule has 0 aliphatic carbocycles. The van der Waals surface area contributed by atoms with Crippen LogP contribution < -0.4 is 5.73 Å². The van der Waals surface area contributed by atoms with Crippen LogP contribution >= 0.6 is 0 Å². The van der Waals surface area contributed by atoms with E-state index in [1.807, 2.05) is 72.8 Å². The van der Waals surface area contributed by atoms with Crippen LogP contribution in [0.1, 0.15) is 11.1 Å². The van der Waals surface area contributed by atoms with Gasteiger partial charge in [0.15, 0.2) is 5.84 Å². The van der Waals surface area contributed by atoms with Gasteiger partial charge in [-0.15, -0.1) is 0 Å². The second-order valence-electron chi connectivity index (χ2n) is 10.2. The second kappa shape index (κ2) is 10.7. The molecule has 4 nitrogen and oxygen atoms in total. The van der Waals surface area contributed by atoms with Crippen molar-refractivity contribution in [3.8, 4) is 33.4 Å². The minimum atomic E-state index is 0.136. The molecule has 0 fully saturated rings. The van der Waals surface area contributed by atoms with Crippen molar-refractivity contribution < 1.29 is 4.42 Å². The Labute approximate surface area is 243 Å². The van der Waals surface area contributed by atoms with Gasteiger partial charge in [-0.2, -0.15) is 0 Å². The average molecular weight is 542 g/mol. The third-order valence-corrected chi connectivity index (χ3v) is 7.59. The lowest BCUT2D eigenvalue weighted by atomic mass is 9.96. The third kappa shape index (κ3) is 4.76. The Balaban J connectivity index is 1.23. The minimum Gasteiger partial charge on any atom is -0.456 e. The van der Waals surface area contributed by atoms with Gasteiger partial charge in [0.1, 0.15) is 17.0 Å². The first-order valence-corrected chi connectivity index (χ1v) is 13.8. The predicted octanol–water partition coefficient (Wildman–Crippen LogP) is 9.32. The maximum absolute atomic E-state index is 8.29. The predicted molar refractivity (Wildman–Crippen MR) is 174 cm³/mol. The van der Waals surface area contributed by atoms with Gasteiger partial charge in [0, 0.05) is 21.9 Å². The van der Waals surface area contributed by atoms with Crippen molar-refractivity contribution in [3.05, 3.63) is 157 Å². The average Bonchev–Trinajstić information content (AvgIpc) is 3.44. The zero-order valence-electron chi connectivity index (χ0n) is 22.8. The Morgan fingerprint density at radius 1 is 0.524 bits per heavy atom. The highest BCUT2D eigenvalue weighted by molar-refractivity contribution is 6.14. The number of amidine groups is 2. The van der Waals surface area contributed by atoms with Crippen LogP contribution in [0.25, 0.3) is 55.3 Å². The molecular formula is C38H27N3O. The number of hydrogen-bond donors (Lipinski definition) is 2. The SMILES string of the molecule is N=C(N=C(N)c1ccc(-c2cccc3oc4ccc(-c5ccc(-c6ccccc6)cc5)cc4c23)cc1)c1ccccc1. The molecule has 42 heavy (non-hydrogen) atoms. The summed E-state index contributed by atoms with van der Waals surface area (Å²) in [4.78, 5) is 4.33. The molecule has 4 heteroatoms. The third-order valence-electron chi connectivity index (χ3n) is 7.59. The first kappa shape index (κ1) is 25.2. The molecule has 0 atom stereocenters. The summed E-state index contributed by atoms with van der Waals surface area (Å²) in [6.07, 6.45) is 0. The van der Waals surface area contributed by atoms with Crippen LogP contribution in [0.2, 0.25) is 0 Å². The number of benzene rings is 6. The molecule has 1 aromatic heterocycles. The van der Waals surface area contributed by atoms with Gasteiger partial charge in [-0.25, -0.2) is 4.99 Å². The van der Waals surface area contributed by atoms with Crippen LogP contribution in [0.4, 0.5) is 0 Å². The van der Waals surface area contributed by atoms with E-state index >= 15 is 0 Å². The Hall–Kier alpha value is -5.74. The van der Waals surface area contributed by atoms with Crippen LogP contribution in [-0.4, -0.2) is 11.7 Å². The fourth-order valence-electron chi connectivity index (χ4n) is 5.40. The largest absolute Gasteiger partial charge is 0.456 e. The first-order valence-electron chi connectivity index (χ1n) is 13.8. The van der Waals surface area contributed by atoms with E-state index in [4.69, 9.17) is 15.6 Å². The molecule has 7 rings (SSSR count). The van der Waals surface area contributed by atoms with E-state index in [0.717, 1.165) is 55.3 Å². The molecule has 0 amide bonds. The highest BCUT2D eigenvalue weighted by atomic mass is 16.3. The summed E-state index contributed by atoms with van der Waals surface area (Å²) < 4.78 is 6.27. The monoisotopic (exact) mass is 541 g/mol. The normalized spacial score (nSPS) is 11.7. The summed E-state index contributed by atoms with van der Waals surface area (Å²) in [6.45, 7) is 0. The van der Waals surface area contributed by atoms with Gasteiger partial charge in [0.25, 0.3) is 0 Å². The molecule has 0 spiro atoms. The first-order chi connectivity index (χ1) is 20.6. The topological polar surface area (TPSA) is 75.4 Å². The van der Waals surface area contributed by atoms with E-state index < -0.39 is 0 Å². The van der Waals surface area contributed by atoms with Crippen molar-refractivity contribution >= 4 is 33.6 Å². The number of nitrogens with two attached hydrogens (primary N) is 1. The maximum atomic E-state index is 8.29. The standard InChI is InChI=1S/C38H27N3O/c39-37(29-10-5-2-6-11-29)41-38(40)30-20-18-28(19-21-30)32-12-7-13-35-36(32)33-24-31(22-23-34(33)42-35)27-16-14-26(15-17-27)25-8-3-1-4-9-25/h1-24H,(H3,39,40,41). The zero-order chi connectivity index (χ0) is 28.5. The minimum absolute atomic E-state index is 0.136. The number of hydrogen-bond acceptors (Lipinski definition) is 2. The molecule has 0 aliphatic rings. The van der Waals surface area contributed by atoms with Crippen molar-refractivity contribution in [3.63, 3.8) is 0 Å². The molecule has 3 N–H and O–H groups in total. The Kier molecular flexibility index (Phi) is 6.42. The van der Waals surface area contributed by atoms with Gasteiger partial charge in [-0.05, 0) is 51.6 Å². The van der Waals surface area contributed by atoms with E-state index in [0.29, 0.717) is 5.84 Å². The summed E-state index contributed by atoms with van der Waals surface area (Å²) in [5.41, 5.74) is 16.3. The van der Waals surface area contributed by atoms with Crippen LogP contribution in [-0.2, 0) is 0 Å². The fourth-order valence-corrected chi connectivity index (χ4v) is 5.40. The maximum Gasteiger partial charge on any atom is 0.154 e. The fraction of sp³-hybridized carbons (Fsp3) is 0. The Morgan fingerprint density at radius 3 is 1.83 bits per heavy atom. The van der Waals surface area contributed by atoms with Gasteiger partial charge in [0.05, 0.1) is 0 Å². The van der Waals surface area contributed by atoms with Crippen molar-refractivity contribution in [2.75, 3.05) is 0 Å². The molecule has 200 valence electrons. The Bertz CT molecular complexity index is 2070. The molecule has 0 unspecified atom stereocenters. The van der Waals surface area contributed by atoms with Crippen LogP contribution in [0, 0.1) is 5.41 Å². The summed E-state index contributed by atoms with van der Waals surface area (Å²) >= 11 is 0. The van der Waals surface area contributed by atoms with Crippen molar-refractivity contribution in [2.24, 2.45) is 10.7 Å². The summed E-state index contributed by atoms with van der Waals surface area (Å²) in [6, 6.07) is 49.0. The second-order valence-corrected chi connectivity index (χ2v) is 10.2. The molecule has 1 heterocycles.